The number of benzene rings is 1. The molecule has 3 N–H and O–H groups in total. The number of carbonyl (C=O) groups is 1. The van der Waals surface area contributed by atoms with E-state index in [2.05, 4.69) is 5.32 Å². The van der Waals surface area contributed by atoms with Gasteiger partial charge >= 0.3 is 0 Å². The smallest absolute Gasteiger partial charge is 0.222 e. The van der Waals surface area contributed by atoms with Crippen LogP contribution in [0.1, 0.15) is 31.9 Å². The van der Waals surface area contributed by atoms with Crippen molar-refractivity contribution in [2.24, 2.45) is 5.73 Å². The Kier molecular flexibility index (Phi) is 5.25. The molecule has 0 aliphatic rings. The highest BCUT2D eigenvalue weighted by atomic mass is 35.5. The second kappa shape index (κ2) is 6.24. The van der Waals surface area contributed by atoms with Gasteiger partial charge < -0.3 is 11.1 Å². The first-order chi connectivity index (χ1) is 7.90. The van der Waals surface area contributed by atoms with E-state index in [-0.39, 0.29) is 18.0 Å². The Morgan fingerprint density at radius 1 is 1.41 bits per heavy atom. The summed E-state index contributed by atoms with van der Waals surface area (Å²) in [6, 6.07) is 4.90. The minimum Gasteiger partial charge on any atom is -0.349 e. The van der Waals surface area contributed by atoms with Crippen LogP contribution in [0.15, 0.2) is 18.2 Å². The molecule has 0 saturated carbocycles. The van der Waals surface area contributed by atoms with Crippen LogP contribution in [-0.2, 0) is 4.79 Å². The number of amides is 1. The molecule has 0 aliphatic carbocycles. The number of nitrogens with two attached hydrogens (primary N) is 1. The summed E-state index contributed by atoms with van der Waals surface area (Å²) < 4.78 is 0. The third kappa shape index (κ3) is 4.54. The van der Waals surface area contributed by atoms with Gasteiger partial charge in [0.1, 0.15) is 0 Å². The lowest BCUT2D eigenvalue weighted by molar-refractivity contribution is -0.121. The largest absolute Gasteiger partial charge is 0.349 e. The summed E-state index contributed by atoms with van der Waals surface area (Å²) in [5, 5.41) is 3.97. The van der Waals surface area contributed by atoms with Gasteiger partial charge in [0, 0.05) is 22.5 Å². The standard InChI is InChI=1S/C12H16Cl2N2O/c1-7(15)5-12(17)16-8(2)10-4-3-9(13)6-11(10)14/h3-4,6-8H,5,15H2,1-2H3,(H,16,17). The first-order valence-electron chi connectivity index (χ1n) is 5.40. The van der Waals surface area contributed by atoms with Crippen LogP contribution >= 0.6 is 23.2 Å². The lowest BCUT2D eigenvalue weighted by atomic mass is 10.1. The number of nitrogens with one attached hydrogen (secondary N) is 1. The predicted molar refractivity (Wildman–Crippen MR) is 71.3 cm³/mol. The zero-order valence-electron chi connectivity index (χ0n) is 9.84. The molecule has 94 valence electrons. The molecular formula is C12H16Cl2N2O. The summed E-state index contributed by atoms with van der Waals surface area (Å²) in [5.74, 6) is -0.0847. The molecule has 5 heteroatoms. The van der Waals surface area contributed by atoms with Crippen molar-refractivity contribution in [3.63, 3.8) is 0 Å². The van der Waals surface area contributed by atoms with E-state index in [1.807, 2.05) is 13.0 Å². The molecule has 0 aliphatic heterocycles. The van der Waals surface area contributed by atoms with E-state index < -0.39 is 0 Å². The molecule has 2 unspecified atom stereocenters. The third-order valence-corrected chi connectivity index (χ3v) is 2.88. The Morgan fingerprint density at radius 2 is 2.06 bits per heavy atom. The quantitative estimate of drug-likeness (QED) is 0.887. The van der Waals surface area contributed by atoms with Crippen molar-refractivity contribution in [1.29, 1.82) is 0 Å². The molecule has 1 aromatic carbocycles. The summed E-state index contributed by atoms with van der Waals surface area (Å²) in [6.07, 6.45) is 0.301. The second-order valence-electron chi connectivity index (χ2n) is 4.14. The normalized spacial score (nSPS) is 14.2. The molecule has 0 heterocycles. The average molecular weight is 275 g/mol. The van der Waals surface area contributed by atoms with E-state index in [0.29, 0.717) is 16.5 Å². The number of carbonyl (C=O) groups excluding carboxylic acids is 1. The Hall–Kier alpha value is -0.770. The van der Waals surface area contributed by atoms with Gasteiger partial charge in [0.05, 0.1) is 6.04 Å². The molecule has 1 rings (SSSR count). The molecule has 0 fully saturated rings. The van der Waals surface area contributed by atoms with E-state index in [1.165, 1.54) is 0 Å². The van der Waals surface area contributed by atoms with Crippen LogP contribution in [-0.4, -0.2) is 11.9 Å². The maximum atomic E-state index is 11.6. The predicted octanol–water partition coefficient (Wildman–Crippen LogP) is 2.91. The monoisotopic (exact) mass is 274 g/mol. The van der Waals surface area contributed by atoms with Crippen LogP contribution in [0.5, 0.6) is 0 Å². The molecular weight excluding hydrogens is 259 g/mol. The highest BCUT2D eigenvalue weighted by molar-refractivity contribution is 6.35. The first kappa shape index (κ1) is 14.3. The number of rotatable bonds is 4. The zero-order chi connectivity index (χ0) is 13.0. The number of hydrogen-bond donors (Lipinski definition) is 2. The fourth-order valence-electron chi connectivity index (χ4n) is 1.52. The Morgan fingerprint density at radius 3 is 2.59 bits per heavy atom. The van der Waals surface area contributed by atoms with Gasteiger partial charge in [0.25, 0.3) is 0 Å². The SMILES string of the molecule is CC(N)CC(=O)NC(C)c1ccc(Cl)cc1Cl. The second-order valence-corrected chi connectivity index (χ2v) is 4.98. The Bertz CT molecular complexity index is 407. The van der Waals surface area contributed by atoms with Gasteiger partial charge in [0.15, 0.2) is 0 Å². The van der Waals surface area contributed by atoms with Gasteiger partial charge in [-0.15, -0.1) is 0 Å². The molecule has 0 spiro atoms. The van der Waals surface area contributed by atoms with Crippen molar-refractivity contribution in [2.75, 3.05) is 0 Å². The molecule has 3 nitrogen and oxygen atoms in total. The van der Waals surface area contributed by atoms with Gasteiger partial charge in [0.2, 0.25) is 5.91 Å². The summed E-state index contributed by atoms with van der Waals surface area (Å²) in [4.78, 5) is 11.6. The van der Waals surface area contributed by atoms with Crippen molar-refractivity contribution in [3.05, 3.63) is 33.8 Å². The first-order valence-corrected chi connectivity index (χ1v) is 6.15. The van der Waals surface area contributed by atoms with Gasteiger partial charge in [-0.3, -0.25) is 4.79 Å². The van der Waals surface area contributed by atoms with Crippen molar-refractivity contribution < 1.29 is 4.79 Å². The molecule has 0 saturated heterocycles. The lowest BCUT2D eigenvalue weighted by Gasteiger charge is -2.16. The van der Waals surface area contributed by atoms with E-state index in [0.717, 1.165) is 5.56 Å². The van der Waals surface area contributed by atoms with Crippen LogP contribution in [0.4, 0.5) is 0 Å². The summed E-state index contributed by atoms with van der Waals surface area (Å²) in [6.45, 7) is 3.66. The highest BCUT2D eigenvalue weighted by Gasteiger charge is 2.13. The maximum Gasteiger partial charge on any atom is 0.222 e. The third-order valence-electron chi connectivity index (χ3n) is 2.31. The van der Waals surface area contributed by atoms with Crippen molar-refractivity contribution >= 4 is 29.1 Å². The van der Waals surface area contributed by atoms with Crippen LogP contribution in [0, 0.1) is 0 Å². The van der Waals surface area contributed by atoms with E-state index in [1.54, 1.807) is 19.1 Å². The van der Waals surface area contributed by atoms with Crippen LogP contribution < -0.4 is 11.1 Å². The molecule has 1 aromatic rings. The highest BCUT2D eigenvalue weighted by Crippen LogP contribution is 2.26. The summed E-state index contributed by atoms with van der Waals surface area (Å²) in [7, 11) is 0. The van der Waals surface area contributed by atoms with E-state index in [4.69, 9.17) is 28.9 Å². The van der Waals surface area contributed by atoms with Gasteiger partial charge in [-0.05, 0) is 31.5 Å². The Balaban J connectivity index is 2.69. The average Bonchev–Trinajstić information content (AvgIpc) is 2.15. The molecule has 0 aromatic heterocycles. The maximum absolute atomic E-state index is 11.6. The molecule has 1 amide bonds. The van der Waals surface area contributed by atoms with Crippen molar-refractivity contribution in [3.8, 4) is 0 Å². The molecule has 2 atom stereocenters. The van der Waals surface area contributed by atoms with Crippen molar-refractivity contribution in [2.45, 2.75) is 32.4 Å². The summed E-state index contributed by atoms with van der Waals surface area (Å²) >= 11 is 11.9. The van der Waals surface area contributed by atoms with E-state index >= 15 is 0 Å². The molecule has 0 radical (unpaired) electrons. The van der Waals surface area contributed by atoms with E-state index in [9.17, 15) is 4.79 Å². The molecule has 17 heavy (non-hydrogen) atoms. The fraction of sp³-hybridized carbons (Fsp3) is 0.417. The fourth-order valence-corrected chi connectivity index (χ4v) is 2.10. The minimum atomic E-state index is -0.161. The lowest BCUT2D eigenvalue weighted by Crippen LogP contribution is -2.31. The van der Waals surface area contributed by atoms with Gasteiger partial charge in [-0.2, -0.15) is 0 Å². The summed E-state index contributed by atoms with van der Waals surface area (Å²) in [5.41, 5.74) is 6.39. The Labute approximate surface area is 111 Å². The van der Waals surface area contributed by atoms with Gasteiger partial charge in [-0.1, -0.05) is 29.3 Å². The zero-order valence-corrected chi connectivity index (χ0v) is 11.3. The van der Waals surface area contributed by atoms with Crippen molar-refractivity contribution in [1.82, 2.24) is 5.32 Å². The van der Waals surface area contributed by atoms with Gasteiger partial charge in [-0.25, -0.2) is 0 Å². The minimum absolute atomic E-state index is 0.0847. The topological polar surface area (TPSA) is 55.1 Å². The number of hydrogen-bond acceptors (Lipinski definition) is 2. The number of halogens is 2. The van der Waals surface area contributed by atoms with Crippen LogP contribution in [0.2, 0.25) is 10.0 Å². The van der Waals surface area contributed by atoms with Crippen LogP contribution in [0.3, 0.4) is 0 Å². The molecule has 0 bridgehead atoms. The van der Waals surface area contributed by atoms with Crippen LogP contribution in [0.25, 0.3) is 0 Å².